The summed E-state index contributed by atoms with van der Waals surface area (Å²) < 4.78 is 18.5. The van der Waals surface area contributed by atoms with Gasteiger partial charge in [-0.15, -0.1) is 0 Å². The van der Waals surface area contributed by atoms with E-state index in [2.05, 4.69) is 10.2 Å². The predicted molar refractivity (Wildman–Crippen MR) is 116 cm³/mol. The molecule has 2 heterocycles. The second kappa shape index (κ2) is 10.0. The maximum absolute atomic E-state index is 13.1. The van der Waals surface area contributed by atoms with Gasteiger partial charge in [0.05, 0.1) is 19.1 Å². The van der Waals surface area contributed by atoms with Crippen LogP contribution in [-0.4, -0.2) is 61.0 Å². The first kappa shape index (κ1) is 21.5. The summed E-state index contributed by atoms with van der Waals surface area (Å²) in [6, 6.07) is 13.5. The highest BCUT2D eigenvalue weighted by Crippen LogP contribution is 2.21. The standard InChI is InChI=1S/C24H28FN3O3/c25-21-7-5-19(6-8-21)24(30)28-11-1-2-20(17-28)23(29)26-22-9-3-18(4-10-22)16-27-12-14-31-15-13-27/h3-10,20H,1-2,11-17H2,(H,26,29). The van der Waals surface area contributed by atoms with E-state index in [-0.39, 0.29) is 23.5 Å². The van der Waals surface area contributed by atoms with E-state index in [4.69, 9.17) is 4.74 Å². The number of morpholine rings is 1. The Morgan fingerprint density at radius 1 is 1.00 bits per heavy atom. The summed E-state index contributed by atoms with van der Waals surface area (Å²) >= 11 is 0. The van der Waals surface area contributed by atoms with Crippen LogP contribution in [0.4, 0.5) is 10.1 Å². The highest BCUT2D eigenvalue weighted by atomic mass is 19.1. The molecule has 2 amide bonds. The molecule has 0 bridgehead atoms. The van der Waals surface area contributed by atoms with Crippen molar-refractivity contribution in [1.82, 2.24) is 9.80 Å². The highest BCUT2D eigenvalue weighted by molar-refractivity contribution is 5.96. The van der Waals surface area contributed by atoms with Gasteiger partial charge in [0.15, 0.2) is 0 Å². The molecule has 2 aromatic carbocycles. The zero-order chi connectivity index (χ0) is 21.6. The van der Waals surface area contributed by atoms with Crippen molar-refractivity contribution in [3.63, 3.8) is 0 Å². The number of hydrogen-bond acceptors (Lipinski definition) is 4. The van der Waals surface area contributed by atoms with Crippen LogP contribution in [0.25, 0.3) is 0 Å². The molecule has 1 N–H and O–H groups in total. The number of hydrogen-bond donors (Lipinski definition) is 1. The van der Waals surface area contributed by atoms with Crippen LogP contribution in [0.1, 0.15) is 28.8 Å². The monoisotopic (exact) mass is 425 g/mol. The molecule has 2 saturated heterocycles. The van der Waals surface area contributed by atoms with Crippen LogP contribution in [0.3, 0.4) is 0 Å². The number of nitrogens with zero attached hydrogens (tertiary/aromatic N) is 2. The number of carbonyl (C=O) groups is 2. The zero-order valence-corrected chi connectivity index (χ0v) is 17.6. The van der Waals surface area contributed by atoms with Crippen molar-refractivity contribution in [2.75, 3.05) is 44.7 Å². The lowest BCUT2D eigenvalue weighted by Crippen LogP contribution is -2.43. The lowest BCUT2D eigenvalue weighted by Gasteiger charge is -2.32. The minimum absolute atomic E-state index is 0.0717. The van der Waals surface area contributed by atoms with Crippen molar-refractivity contribution in [3.05, 3.63) is 65.5 Å². The van der Waals surface area contributed by atoms with Crippen molar-refractivity contribution < 1.29 is 18.7 Å². The number of nitrogens with one attached hydrogen (secondary N) is 1. The van der Waals surface area contributed by atoms with Crippen molar-refractivity contribution >= 4 is 17.5 Å². The van der Waals surface area contributed by atoms with Gasteiger partial charge in [0.1, 0.15) is 5.82 Å². The average molecular weight is 426 g/mol. The van der Waals surface area contributed by atoms with Gasteiger partial charge in [0.2, 0.25) is 5.91 Å². The van der Waals surface area contributed by atoms with E-state index in [1.54, 1.807) is 4.90 Å². The third kappa shape index (κ3) is 5.68. The zero-order valence-electron chi connectivity index (χ0n) is 17.6. The third-order valence-electron chi connectivity index (χ3n) is 5.90. The summed E-state index contributed by atoms with van der Waals surface area (Å²) in [5, 5.41) is 2.99. The Bertz CT molecular complexity index is 895. The lowest BCUT2D eigenvalue weighted by molar-refractivity contribution is -0.121. The molecule has 1 atom stereocenters. The number of rotatable bonds is 5. The van der Waals surface area contributed by atoms with Crippen LogP contribution in [0, 0.1) is 11.7 Å². The Kier molecular flexibility index (Phi) is 6.94. The van der Waals surface area contributed by atoms with Gasteiger partial charge < -0.3 is 15.0 Å². The highest BCUT2D eigenvalue weighted by Gasteiger charge is 2.29. The normalized spacial score (nSPS) is 19.8. The molecule has 7 heteroatoms. The molecule has 2 aliphatic heterocycles. The minimum Gasteiger partial charge on any atom is -0.379 e. The van der Waals surface area contributed by atoms with Gasteiger partial charge >= 0.3 is 0 Å². The summed E-state index contributed by atoms with van der Waals surface area (Å²) in [5.74, 6) is -0.864. The number of anilines is 1. The summed E-state index contributed by atoms with van der Waals surface area (Å²) in [7, 11) is 0. The predicted octanol–water partition coefficient (Wildman–Crippen LogP) is 3.15. The molecular formula is C24H28FN3O3. The van der Waals surface area contributed by atoms with E-state index in [9.17, 15) is 14.0 Å². The van der Waals surface area contributed by atoms with E-state index in [0.717, 1.165) is 51.4 Å². The fourth-order valence-corrected chi connectivity index (χ4v) is 4.11. The molecule has 2 fully saturated rings. The lowest BCUT2D eigenvalue weighted by atomic mass is 9.96. The largest absolute Gasteiger partial charge is 0.379 e. The van der Waals surface area contributed by atoms with Crippen LogP contribution in [0.5, 0.6) is 0 Å². The Morgan fingerprint density at radius 3 is 2.42 bits per heavy atom. The maximum Gasteiger partial charge on any atom is 0.253 e. The number of carbonyl (C=O) groups excluding carboxylic acids is 2. The van der Waals surface area contributed by atoms with Gasteiger partial charge in [0.25, 0.3) is 5.91 Å². The van der Waals surface area contributed by atoms with Crippen LogP contribution in [0.2, 0.25) is 0 Å². The number of ether oxygens (including phenoxy) is 1. The number of likely N-dealkylation sites (tertiary alicyclic amines) is 1. The molecule has 6 nitrogen and oxygen atoms in total. The first-order valence-corrected chi connectivity index (χ1v) is 10.8. The fourth-order valence-electron chi connectivity index (χ4n) is 4.11. The second-order valence-corrected chi connectivity index (χ2v) is 8.17. The van der Waals surface area contributed by atoms with Gasteiger partial charge in [0, 0.05) is 44.0 Å². The summed E-state index contributed by atoms with van der Waals surface area (Å²) in [4.78, 5) is 29.5. The molecule has 0 aromatic heterocycles. The summed E-state index contributed by atoms with van der Waals surface area (Å²) in [6.07, 6.45) is 1.51. The Hall–Kier alpha value is -2.77. The van der Waals surface area contributed by atoms with Crippen LogP contribution in [0.15, 0.2) is 48.5 Å². The van der Waals surface area contributed by atoms with Crippen molar-refractivity contribution in [2.24, 2.45) is 5.92 Å². The van der Waals surface area contributed by atoms with Crippen molar-refractivity contribution in [1.29, 1.82) is 0 Å². The quantitative estimate of drug-likeness (QED) is 0.800. The molecule has 31 heavy (non-hydrogen) atoms. The van der Waals surface area contributed by atoms with Crippen LogP contribution in [-0.2, 0) is 16.1 Å². The number of amides is 2. The second-order valence-electron chi connectivity index (χ2n) is 8.17. The van der Waals surface area contributed by atoms with E-state index in [1.165, 1.54) is 29.8 Å². The molecule has 0 saturated carbocycles. The Balaban J connectivity index is 1.31. The minimum atomic E-state index is -0.372. The third-order valence-corrected chi connectivity index (χ3v) is 5.90. The topological polar surface area (TPSA) is 61.9 Å². The number of piperidine rings is 1. The molecule has 0 aliphatic carbocycles. The molecule has 2 aromatic rings. The molecule has 1 unspecified atom stereocenters. The van der Waals surface area contributed by atoms with Crippen molar-refractivity contribution in [3.8, 4) is 0 Å². The van der Waals surface area contributed by atoms with Gasteiger partial charge in [-0.3, -0.25) is 14.5 Å². The van der Waals surface area contributed by atoms with Gasteiger partial charge in [-0.2, -0.15) is 0 Å². The van der Waals surface area contributed by atoms with E-state index < -0.39 is 0 Å². The first-order valence-electron chi connectivity index (χ1n) is 10.8. The number of benzene rings is 2. The Morgan fingerprint density at radius 2 is 1.71 bits per heavy atom. The SMILES string of the molecule is O=C(Nc1ccc(CN2CCOCC2)cc1)C1CCCN(C(=O)c2ccc(F)cc2)C1. The molecule has 0 radical (unpaired) electrons. The van der Waals surface area contributed by atoms with Gasteiger partial charge in [-0.05, 0) is 54.8 Å². The van der Waals surface area contributed by atoms with Crippen LogP contribution < -0.4 is 5.32 Å². The summed E-state index contributed by atoms with van der Waals surface area (Å²) in [6.45, 7) is 5.28. The van der Waals surface area contributed by atoms with Crippen LogP contribution >= 0.6 is 0 Å². The fraction of sp³-hybridized carbons (Fsp3) is 0.417. The molecule has 0 spiro atoms. The average Bonchev–Trinajstić information content (AvgIpc) is 2.81. The summed E-state index contributed by atoms with van der Waals surface area (Å²) in [5.41, 5.74) is 2.41. The molecule has 2 aliphatic rings. The molecular weight excluding hydrogens is 397 g/mol. The maximum atomic E-state index is 13.1. The van der Waals surface area contributed by atoms with Gasteiger partial charge in [-0.25, -0.2) is 4.39 Å². The smallest absolute Gasteiger partial charge is 0.253 e. The molecule has 164 valence electrons. The van der Waals surface area contributed by atoms with E-state index in [0.29, 0.717) is 18.7 Å². The van der Waals surface area contributed by atoms with E-state index in [1.807, 2.05) is 24.3 Å². The number of halogens is 1. The Labute approximate surface area is 182 Å². The van der Waals surface area contributed by atoms with Gasteiger partial charge in [-0.1, -0.05) is 12.1 Å². The first-order chi connectivity index (χ1) is 15.1. The van der Waals surface area contributed by atoms with Crippen molar-refractivity contribution in [2.45, 2.75) is 19.4 Å². The molecule has 4 rings (SSSR count). The van der Waals surface area contributed by atoms with E-state index >= 15 is 0 Å².